The van der Waals surface area contributed by atoms with Crippen LogP contribution in [0.1, 0.15) is 241 Å². The van der Waals surface area contributed by atoms with Crippen molar-refractivity contribution in [2.24, 2.45) is 52.3 Å². The Morgan fingerprint density at radius 1 is 0.395 bits per heavy atom. The van der Waals surface area contributed by atoms with Gasteiger partial charge in [0.2, 0.25) is 0 Å². The lowest BCUT2D eigenvalue weighted by Crippen LogP contribution is -2.54. The lowest BCUT2D eigenvalue weighted by molar-refractivity contribution is -0.177. The number of Topliss-reactive ketones (excluding diaryl/α,β-unsaturated/α-hetero) is 2. The lowest BCUT2D eigenvalue weighted by Gasteiger charge is -2.48. The molecule has 11 nitrogen and oxygen atoms in total. The van der Waals surface area contributed by atoms with E-state index in [9.17, 15) is 9.59 Å². The largest absolute Gasteiger partial charge is 0.378 e. The second-order valence-electron chi connectivity index (χ2n) is 31.2. The van der Waals surface area contributed by atoms with Gasteiger partial charge in [0, 0.05) is 93.7 Å². The Morgan fingerprint density at radius 2 is 0.778 bits per heavy atom. The van der Waals surface area contributed by atoms with Gasteiger partial charge in [-0.25, -0.2) is 0 Å². The van der Waals surface area contributed by atoms with Gasteiger partial charge in [-0.15, -0.1) is 0 Å². The maximum Gasteiger partial charge on any atom is 0.141 e. The summed E-state index contributed by atoms with van der Waals surface area (Å²) in [4.78, 5) is 37.1. The van der Waals surface area contributed by atoms with E-state index in [2.05, 4.69) is 149 Å². The van der Waals surface area contributed by atoms with Gasteiger partial charge in [-0.3, -0.25) is 9.59 Å². The molecule has 9 heterocycles. The van der Waals surface area contributed by atoms with E-state index in [1.165, 1.54) is 97.1 Å². The number of ether oxygens (including phenoxy) is 4. The van der Waals surface area contributed by atoms with Crippen molar-refractivity contribution in [1.82, 2.24) is 24.5 Å². The Morgan fingerprint density at radius 3 is 1.19 bits per heavy atom. The van der Waals surface area contributed by atoms with Gasteiger partial charge in [0.1, 0.15) is 11.6 Å². The van der Waals surface area contributed by atoms with Gasteiger partial charge in [-0.1, -0.05) is 48.5 Å². The van der Waals surface area contributed by atoms with Crippen LogP contribution in [0, 0.1) is 52.3 Å². The molecular weight excluding hydrogens is 1010 g/mol. The molecule has 0 aromatic carbocycles. The fourth-order valence-corrected chi connectivity index (χ4v) is 16.1. The standard InChI is InChI=1S/C15H27NO.C14H25NO2.2C14H27NO.C13H25NO/c1-11(2)16-7-5-15(6-8-16)10-13(4)12(3)9-14(15)17;1-10(2)15-7-5-14(6-8-15)9-13(16)11(3)12(4)17-14;1-11(2)15-7-5-14(6-8-15)9-12(3)13(4)16-10-14;1-11(2)15-7-5-14(6-8-15)9-12(3)13(4)10-16-14;1-10(2)14-7-5-13(6-8-14)9-11(3)12(4)15-13/h11-13H,5-10H2,1-4H3;10-12H,5-9H2,1-4H3;2*11-13H,5-10H2,1-4H3;10-12H,5-9H2,1-4H3. The fraction of sp³-hybridized carbons (Fsp3) is 0.971. The van der Waals surface area contributed by atoms with Crippen LogP contribution in [-0.4, -0.2) is 180 Å². The van der Waals surface area contributed by atoms with Crippen LogP contribution in [0.5, 0.6) is 0 Å². The number of hydrogen-bond acceptors (Lipinski definition) is 11. The molecule has 0 amide bonds. The molecule has 9 aliphatic heterocycles. The van der Waals surface area contributed by atoms with E-state index < -0.39 is 0 Å². The van der Waals surface area contributed by atoms with Crippen molar-refractivity contribution in [2.45, 2.75) is 307 Å². The zero-order chi connectivity index (χ0) is 59.8. The van der Waals surface area contributed by atoms with Gasteiger partial charge in [0.15, 0.2) is 0 Å². The Bertz CT molecular complexity index is 1820. The highest BCUT2D eigenvalue weighted by atomic mass is 16.5. The summed E-state index contributed by atoms with van der Waals surface area (Å²) < 4.78 is 24.5. The molecule has 10 aliphatic rings. The summed E-state index contributed by atoms with van der Waals surface area (Å²) in [6.45, 7) is 58.9. The van der Waals surface area contributed by atoms with E-state index in [0.29, 0.717) is 71.7 Å². The molecule has 5 spiro atoms. The Balaban J connectivity index is 0.000000163. The third-order valence-corrected chi connectivity index (χ3v) is 23.8. The number of piperidine rings is 5. The number of carbonyl (C=O) groups excluding carboxylic acids is 2. The minimum atomic E-state index is -0.144. The average Bonchev–Trinajstić information content (AvgIpc) is 3.72. The van der Waals surface area contributed by atoms with Gasteiger partial charge < -0.3 is 43.4 Å². The van der Waals surface area contributed by atoms with Crippen molar-refractivity contribution >= 4 is 11.6 Å². The molecule has 0 bridgehead atoms. The molecule has 81 heavy (non-hydrogen) atoms. The zero-order valence-corrected chi connectivity index (χ0v) is 56.6. The highest BCUT2D eigenvalue weighted by Crippen LogP contribution is 2.48. The van der Waals surface area contributed by atoms with E-state index in [-0.39, 0.29) is 34.2 Å². The van der Waals surface area contributed by atoms with Gasteiger partial charge in [-0.2, -0.15) is 0 Å². The van der Waals surface area contributed by atoms with E-state index in [1.807, 2.05) is 13.8 Å². The van der Waals surface area contributed by atoms with Crippen LogP contribution in [-0.2, 0) is 28.5 Å². The van der Waals surface area contributed by atoms with Gasteiger partial charge in [0.25, 0.3) is 0 Å². The van der Waals surface area contributed by atoms with Crippen molar-refractivity contribution < 1.29 is 28.5 Å². The SMILES string of the molecule is CC1CC(=O)C2(CCN(C(C)C)CC2)CC1C.CC1CC2(CCN(C(C)C)CC2)COC1C.CC1CC2(CCN(C(C)C)CC2)OC1C.CC1COC2(CCN(C(C)C)CC2)CC1C.CC1OC2(CCN(C(C)C)CC2)CC(=O)C1C. The van der Waals surface area contributed by atoms with Crippen LogP contribution < -0.4 is 0 Å². The normalized spacial score (nSPS) is 35.4. The first kappa shape index (κ1) is 69.1. The first-order valence-corrected chi connectivity index (χ1v) is 34.3. The Kier molecular flexibility index (Phi) is 25.4. The Labute approximate surface area is 499 Å². The molecule has 1 aliphatic carbocycles. The lowest BCUT2D eigenvalue weighted by atomic mass is 9.61. The van der Waals surface area contributed by atoms with E-state index >= 15 is 0 Å². The summed E-state index contributed by atoms with van der Waals surface area (Å²) in [6.07, 6.45) is 19.4. The van der Waals surface area contributed by atoms with Crippen molar-refractivity contribution in [1.29, 1.82) is 0 Å². The molecule has 10 unspecified atom stereocenters. The number of hydrogen-bond donors (Lipinski definition) is 0. The molecule has 9 saturated heterocycles. The second kappa shape index (κ2) is 29.8. The van der Waals surface area contributed by atoms with Gasteiger partial charge in [0.05, 0.1) is 48.3 Å². The van der Waals surface area contributed by atoms with Crippen LogP contribution in [0.15, 0.2) is 0 Å². The summed E-state index contributed by atoms with van der Waals surface area (Å²) in [5.41, 5.74) is 0.893. The van der Waals surface area contributed by atoms with Gasteiger partial charge in [-0.05, 0) is 247 Å². The second-order valence-corrected chi connectivity index (χ2v) is 31.2. The molecule has 1 saturated carbocycles. The molecule has 10 rings (SSSR count). The maximum atomic E-state index is 12.4. The predicted octanol–water partition coefficient (Wildman–Crippen LogP) is 13.9. The molecule has 472 valence electrons. The fourth-order valence-electron chi connectivity index (χ4n) is 16.1. The quantitative estimate of drug-likeness (QED) is 0.264. The molecule has 0 radical (unpaired) electrons. The smallest absolute Gasteiger partial charge is 0.141 e. The van der Waals surface area contributed by atoms with Gasteiger partial charge >= 0.3 is 0 Å². The van der Waals surface area contributed by atoms with Crippen molar-refractivity contribution in [3.8, 4) is 0 Å². The van der Waals surface area contributed by atoms with Crippen LogP contribution >= 0.6 is 0 Å². The maximum absolute atomic E-state index is 12.4. The monoisotopic (exact) mass is 1140 g/mol. The summed E-state index contributed by atoms with van der Waals surface area (Å²) in [5, 5.41) is 0. The number of carbonyl (C=O) groups is 2. The molecule has 0 N–H and O–H groups in total. The van der Waals surface area contributed by atoms with Crippen LogP contribution in [0.3, 0.4) is 0 Å². The number of nitrogens with zero attached hydrogens (tertiary/aromatic N) is 5. The third kappa shape index (κ3) is 18.3. The summed E-state index contributed by atoms with van der Waals surface area (Å²) in [6, 6.07) is 3.32. The van der Waals surface area contributed by atoms with E-state index in [4.69, 9.17) is 18.9 Å². The van der Waals surface area contributed by atoms with Crippen LogP contribution in [0.25, 0.3) is 0 Å². The number of ketones is 2. The minimum Gasteiger partial charge on any atom is -0.378 e. The summed E-state index contributed by atoms with van der Waals surface area (Å²) in [5.74, 6) is 5.40. The van der Waals surface area contributed by atoms with E-state index in [0.717, 1.165) is 108 Å². The highest BCUT2D eigenvalue weighted by Gasteiger charge is 2.49. The van der Waals surface area contributed by atoms with Crippen LogP contribution in [0.4, 0.5) is 0 Å². The van der Waals surface area contributed by atoms with Crippen molar-refractivity contribution in [2.75, 3.05) is 78.7 Å². The van der Waals surface area contributed by atoms with E-state index in [1.54, 1.807) is 0 Å². The molecule has 11 heteroatoms. The first-order chi connectivity index (χ1) is 37.9. The van der Waals surface area contributed by atoms with Crippen molar-refractivity contribution in [3.63, 3.8) is 0 Å². The summed E-state index contributed by atoms with van der Waals surface area (Å²) in [7, 11) is 0. The molecule has 0 aromatic rings. The number of rotatable bonds is 5. The first-order valence-electron chi connectivity index (χ1n) is 34.3. The molecular formula is C70H131N5O6. The number of likely N-dealkylation sites (tertiary alicyclic amines) is 5. The molecule has 10 fully saturated rings. The Hall–Kier alpha value is -1.02. The summed E-state index contributed by atoms with van der Waals surface area (Å²) >= 11 is 0. The predicted molar refractivity (Wildman–Crippen MR) is 337 cm³/mol. The third-order valence-electron chi connectivity index (χ3n) is 23.8. The molecule has 10 atom stereocenters. The average molecular weight is 1140 g/mol. The topological polar surface area (TPSA) is 87.3 Å². The van der Waals surface area contributed by atoms with Crippen molar-refractivity contribution in [3.05, 3.63) is 0 Å². The highest BCUT2D eigenvalue weighted by molar-refractivity contribution is 5.86. The zero-order valence-electron chi connectivity index (χ0n) is 56.6. The van der Waals surface area contributed by atoms with Crippen LogP contribution in [0.2, 0.25) is 0 Å². The molecule has 0 aromatic heterocycles. The minimum absolute atomic E-state index is 0.0529.